The number of benzene rings is 1. The van der Waals surface area contributed by atoms with E-state index in [0.29, 0.717) is 18.6 Å². The zero-order valence-corrected chi connectivity index (χ0v) is 14.7. The lowest BCUT2D eigenvalue weighted by Gasteiger charge is -2.30. The van der Waals surface area contributed by atoms with Crippen LogP contribution in [0.15, 0.2) is 24.3 Å². The molecule has 1 N–H and O–H groups in total. The Hall–Kier alpha value is -1.55. The van der Waals surface area contributed by atoms with Gasteiger partial charge >= 0.3 is 0 Å². The minimum absolute atomic E-state index is 0.0759. The van der Waals surface area contributed by atoms with E-state index in [2.05, 4.69) is 37.9 Å². The number of nitrogens with zero attached hydrogens (tertiary/aromatic N) is 1. The highest BCUT2D eigenvalue weighted by molar-refractivity contribution is 5.80. The molecule has 0 spiro atoms. The van der Waals surface area contributed by atoms with E-state index in [9.17, 15) is 4.79 Å². The molecular weight excluding hydrogens is 276 g/mol. The monoisotopic (exact) mass is 306 g/mol. The Morgan fingerprint density at radius 1 is 1.09 bits per heavy atom. The maximum Gasteiger partial charge on any atom is 0.260 e. The predicted molar refractivity (Wildman–Crippen MR) is 91.3 cm³/mol. The van der Waals surface area contributed by atoms with E-state index in [0.717, 1.165) is 12.3 Å². The Kier molecular flexibility index (Phi) is 7.39. The lowest BCUT2D eigenvalue weighted by Crippen LogP contribution is -2.44. The average molecular weight is 306 g/mol. The molecule has 1 unspecified atom stereocenters. The number of ether oxygens (including phenoxy) is 1. The van der Waals surface area contributed by atoms with Crippen LogP contribution in [0.5, 0.6) is 5.75 Å². The normalized spacial score (nSPS) is 12.8. The molecule has 4 nitrogen and oxygen atoms in total. The quantitative estimate of drug-likeness (QED) is 0.803. The largest absolute Gasteiger partial charge is 0.481 e. The molecular formula is C18H30N2O2. The number of aryl methyl sites for hydroxylation is 1. The second-order valence-electron chi connectivity index (χ2n) is 6.29. The topological polar surface area (TPSA) is 41.6 Å². The lowest BCUT2D eigenvalue weighted by atomic mass is 10.2. The lowest BCUT2D eigenvalue weighted by molar-refractivity contribution is -0.127. The van der Waals surface area contributed by atoms with E-state index in [1.807, 2.05) is 31.2 Å². The fourth-order valence-electron chi connectivity index (χ4n) is 2.44. The molecule has 1 rings (SSSR count). The number of nitrogens with one attached hydrogen (secondary N) is 1. The molecule has 0 aliphatic heterocycles. The summed E-state index contributed by atoms with van der Waals surface area (Å²) in [4.78, 5) is 14.4. The minimum atomic E-state index is -0.491. The van der Waals surface area contributed by atoms with Gasteiger partial charge in [-0.05, 0) is 53.7 Å². The van der Waals surface area contributed by atoms with Crippen LogP contribution >= 0.6 is 0 Å². The molecule has 0 aromatic heterocycles. The SMILES string of the molecule is Cc1ccc(OC(C)C(=O)NCCN(C(C)C)C(C)C)cc1. The summed E-state index contributed by atoms with van der Waals surface area (Å²) >= 11 is 0. The molecule has 0 saturated carbocycles. The van der Waals surface area contributed by atoms with Crippen LogP contribution in [0, 0.1) is 6.92 Å². The van der Waals surface area contributed by atoms with Crippen LogP contribution < -0.4 is 10.1 Å². The summed E-state index contributed by atoms with van der Waals surface area (Å²) in [5.41, 5.74) is 1.17. The third-order valence-electron chi connectivity index (χ3n) is 3.70. The Bertz CT molecular complexity index is 447. The number of amides is 1. The summed E-state index contributed by atoms with van der Waals surface area (Å²) in [6, 6.07) is 8.67. The Morgan fingerprint density at radius 3 is 2.14 bits per heavy atom. The van der Waals surface area contributed by atoms with Gasteiger partial charge in [-0.1, -0.05) is 17.7 Å². The first-order valence-corrected chi connectivity index (χ1v) is 8.08. The van der Waals surface area contributed by atoms with Crippen molar-refractivity contribution < 1.29 is 9.53 Å². The van der Waals surface area contributed by atoms with Gasteiger partial charge < -0.3 is 10.1 Å². The van der Waals surface area contributed by atoms with E-state index in [1.54, 1.807) is 6.92 Å². The van der Waals surface area contributed by atoms with Crippen molar-refractivity contribution in [2.45, 2.75) is 59.7 Å². The number of rotatable bonds is 8. The van der Waals surface area contributed by atoms with Crippen molar-refractivity contribution in [3.8, 4) is 5.75 Å². The van der Waals surface area contributed by atoms with E-state index < -0.39 is 6.10 Å². The van der Waals surface area contributed by atoms with Crippen molar-refractivity contribution in [2.24, 2.45) is 0 Å². The van der Waals surface area contributed by atoms with E-state index >= 15 is 0 Å². The molecule has 1 aromatic carbocycles. The van der Waals surface area contributed by atoms with E-state index in [4.69, 9.17) is 4.74 Å². The first kappa shape index (κ1) is 18.5. The van der Waals surface area contributed by atoms with Crippen molar-refractivity contribution in [1.82, 2.24) is 10.2 Å². The zero-order chi connectivity index (χ0) is 16.7. The molecule has 0 radical (unpaired) electrons. The zero-order valence-electron chi connectivity index (χ0n) is 14.7. The molecule has 0 bridgehead atoms. The van der Waals surface area contributed by atoms with E-state index in [-0.39, 0.29) is 5.91 Å². The molecule has 22 heavy (non-hydrogen) atoms. The maximum atomic E-state index is 12.1. The first-order valence-electron chi connectivity index (χ1n) is 8.08. The Balaban J connectivity index is 2.39. The van der Waals surface area contributed by atoms with Gasteiger partial charge in [-0.15, -0.1) is 0 Å². The number of carbonyl (C=O) groups excluding carboxylic acids is 1. The minimum Gasteiger partial charge on any atom is -0.481 e. The van der Waals surface area contributed by atoms with Gasteiger partial charge in [0.1, 0.15) is 5.75 Å². The molecule has 0 aliphatic carbocycles. The van der Waals surface area contributed by atoms with Crippen molar-refractivity contribution >= 4 is 5.91 Å². The smallest absolute Gasteiger partial charge is 0.260 e. The number of carbonyl (C=O) groups is 1. The van der Waals surface area contributed by atoms with Gasteiger partial charge in [0.2, 0.25) is 0 Å². The molecule has 124 valence electrons. The third kappa shape index (κ3) is 6.06. The van der Waals surface area contributed by atoms with Crippen LogP contribution in [0.4, 0.5) is 0 Å². The standard InChI is InChI=1S/C18H30N2O2/c1-13(2)20(14(3)4)12-11-19-18(21)16(6)22-17-9-7-15(5)8-10-17/h7-10,13-14,16H,11-12H2,1-6H3,(H,19,21). The van der Waals surface area contributed by atoms with Gasteiger partial charge in [0, 0.05) is 25.2 Å². The fraction of sp³-hybridized carbons (Fsp3) is 0.611. The highest BCUT2D eigenvalue weighted by Crippen LogP contribution is 2.13. The van der Waals surface area contributed by atoms with Crippen LogP contribution in [0.25, 0.3) is 0 Å². The van der Waals surface area contributed by atoms with Crippen molar-refractivity contribution in [2.75, 3.05) is 13.1 Å². The fourth-order valence-corrected chi connectivity index (χ4v) is 2.44. The number of hydrogen-bond donors (Lipinski definition) is 1. The Morgan fingerprint density at radius 2 is 1.64 bits per heavy atom. The first-order chi connectivity index (χ1) is 10.3. The van der Waals surface area contributed by atoms with E-state index in [1.165, 1.54) is 5.56 Å². The summed E-state index contributed by atoms with van der Waals surface area (Å²) in [5.74, 6) is 0.646. The van der Waals surface area contributed by atoms with Crippen LogP contribution in [-0.2, 0) is 4.79 Å². The molecule has 1 amide bonds. The van der Waals surface area contributed by atoms with Crippen molar-refractivity contribution in [3.05, 3.63) is 29.8 Å². The Labute approximate surface area is 134 Å². The van der Waals surface area contributed by atoms with Crippen LogP contribution in [0.1, 0.15) is 40.2 Å². The molecule has 0 fully saturated rings. The predicted octanol–water partition coefficient (Wildman–Crippen LogP) is 3.00. The number of hydrogen-bond acceptors (Lipinski definition) is 3. The van der Waals surface area contributed by atoms with Gasteiger partial charge in [0.05, 0.1) is 0 Å². The summed E-state index contributed by atoms with van der Waals surface area (Å²) in [5, 5.41) is 2.95. The van der Waals surface area contributed by atoms with Gasteiger partial charge in [0.15, 0.2) is 6.10 Å². The molecule has 1 aromatic rings. The highest BCUT2D eigenvalue weighted by atomic mass is 16.5. The van der Waals surface area contributed by atoms with Crippen LogP contribution in [0.3, 0.4) is 0 Å². The summed E-state index contributed by atoms with van der Waals surface area (Å²) in [6.45, 7) is 14.0. The van der Waals surface area contributed by atoms with Gasteiger partial charge in [-0.3, -0.25) is 9.69 Å². The van der Waals surface area contributed by atoms with Gasteiger partial charge in [-0.2, -0.15) is 0 Å². The maximum absolute atomic E-state index is 12.1. The van der Waals surface area contributed by atoms with Gasteiger partial charge in [-0.25, -0.2) is 0 Å². The van der Waals surface area contributed by atoms with Crippen LogP contribution in [-0.4, -0.2) is 42.1 Å². The second-order valence-corrected chi connectivity index (χ2v) is 6.29. The molecule has 4 heteroatoms. The summed E-state index contributed by atoms with van der Waals surface area (Å²) in [7, 11) is 0. The van der Waals surface area contributed by atoms with Gasteiger partial charge in [0.25, 0.3) is 5.91 Å². The van der Waals surface area contributed by atoms with Crippen molar-refractivity contribution in [1.29, 1.82) is 0 Å². The summed E-state index contributed by atoms with van der Waals surface area (Å²) < 4.78 is 5.66. The molecule has 0 saturated heterocycles. The molecule has 0 heterocycles. The average Bonchev–Trinajstić information content (AvgIpc) is 2.44. The highest BCUT2D eigenvalue weighted by Gasteiger charge is 2.16. The van der Waals surface area contributed by atoms with Crippen LogP contribution in [0.2, 0.25) is 0 Å². The summed E-state index contributed by atoms with van der Waals surface area (Å²) in [6.07, 6.45) is -0.491. The second kappa shape index (κ2) is 8.79. The van der Waals surface area contributed by atoms with Crippen molar-refractivity contribution in [3.63, 3.8) is 0 Å². The molecule has 0 aliphatic rings. The third-order valence-corrected chi connectivity index (χ3v) is 3.70. The molecule has 1 atom stereocenters.